The van der Waals surface area contributed by atoms with Crippen LogP contribution in [0.2, 0.25) is 0 Å². The van der Waals surface area contributed by atoms with Gasteiger partial charge < -0.3 is 20.1 Å². The van der Waals surface area contributed by atoms with E-state index in [1.165, 1.54) is 4.90 Å². The molecule has 33 heavy (non-hydrogen) atoms. The van der Waals surface area contributed by atoms with E-state index in [-0.39, 0.29) is 31.0 Å². The molecule has 2 aromatic rings. The number of aliphatic carboxylic acids is 1. The zero-order chi connectivity index (χ0) is 23.4. The average Bonchev–Trinajstić information content (AvgIpc) is 3.15. The Morgan fingerprint density at radius 2 is 1.61 bits per heavy atom. The Balaban J connectivity index is 1.41. The predicted molar refractivity (Wildman–Crippen MR) is 124 cm³/mol. The van der Waals surface area contributed by atoms with Crippen LogP contribution in [0.4, 0.5) is 4.79 Å². The first kappa shape index (κ1) is 22.8. The molecular weight excluding hydrogens is 420 g/mol. The van der Waals surface area contributed by atoms with E-state index in [0.717, 1.165) is 35.1 Å². The van der Waals surface area contributed by atoms with E-state index < -0.39 is 18.0 Å². The first-order valence-electron chi connectivity index (χ1n) is 11.6. The molecule has 2 aliphatic rings. The van der Waals surface area contributed by atoms with E-state index in [0.29, 0.717) is 19.4 Å². The van der Waals surface area contributed by atoms with Gasteiger partial charge in [-0.15, -0.1) is 0 Å². The number of likely N-dealkylation sites (N-methyl/N-ethyl adjacent to an activating group) is 1. The minimum atomic E-state index is -1.04. The number of ether oxygens (including phenoxy) is 1. The molecule has 7 heteroatoms. The third-order valence-electron chi connectivity index (χ3n) is 6.75. The summed E-state index contributed by atoms with van der Waals surface area (Å²) in [6.45, 7) is 1.96. The number of hydrogen-bond acceptors (Lipinski definition) is 4. The zero-order valence-corrected chi connectivity index (χ0v) is 18.8. The first-order chi connectivity index (χ1) is 16.0. The number of nitrogens with zero attached hydrogens (tertiary/aromatic N) is 1. The first-order valence-corrected chi connectivity index (χ1v) is 11.6. The summed E-state index contributed by atoms with van der Waals surface area (Å²) in [4.78, 5) is 38.1. The second kappa shape index (κ2) is 10.1. The highest BCUT2D eigenvalue weighted by Gasteiger charge is 2.36. The molecule has 0 unspecified atom stereocenters. The van der Waals surface area contributed by atoms with Gasteiger partial charge in [-0.3, -0.25) is 9.59 Å². The molecular formula is C26H30N2O5. The fraction of sp³-hybridized carbons (Fsp3) is 0.423. The van der Waals surface area contributed by atoms with Crippen molar-refractivity contribution >= 4 is 18.0 Å². The lowest BCUT2D eigenvalue weighted by atomic mass is 9.83. The molecule has 0 spiro atoms. The molecule has 2 amide bonds. The van der Waals surface area contributed by atoms with Gasteiger partial charge >= 0.3 is 12.1 Å². The molecule has 0 aromatic heterocycles. The van der Waals surface area contributed by atoms with Crippen molar-refractivity contribution in [2.24, 2.45) is 5.92 Å². The van der Waals surface area contributed by atoms with Crippen molar-refractivity contribution in [2.45, 2.75) is 44.6 Å². The quantitative estimate of drug-likeness (QED) is 0.664. The minimum absolute atomic E-state index is 0.0296. The molecule has 1 fully saturated rings. The second-order valence-electron chi connectivity index (χ2n) is 8.71. The molecule has 0 saturated heterocycles. The smallest absolute Gasteiger partial charge is 0.407 e. The van der Waals surface area contributed by atoms with Crippen molar-refractivity contribution < 1.29 is 24.2 Å². The third kappa shape index (κ3) is 4.87. The van der Waals surface area contributed by atoms with E-state index in [9.17, 15) is 14.4 Å². The summed E-state index contributed by atoms with van der Waals surface area (Å²) >= 11 is 0. The molecule has 0 bridgehead atoms. The van der Waals surface area contributed by atoms with E-state index in [2.05, 4.69) is 29.6 Å². The van der Waals surface area contributed by atoms with Crippen LogP contribution in [-0.2, 0) is 14.3 Å². The van der Waals surface area contributed by atoms with Crippen LogP contribution in [0.25, 0.3) is 11.1 Å². The SMILES string of the molecule is CCN(CC(=O)O)C(=O)[C@@H]1CCCC[C@@H]1NC(=O)OCC1c2ccccc2-c2ccccc21. The maximum Gasteiger partial charge on any atom is 0.407 e. The van der Waals surface area contributed by atoms with Gasteiger partial charge in [0, 0.05) is 18.5 Å². The van der Waals surface area contributed by atoms with E-state index in [4.69, 9.17) is 9.84 Å². The summed E-state index contributed by atoms with van der Waals surface area (Å²) in [6.07, 6.45) is 2.55. The van der Waals surface area contributed by atoms with Crippen LogP contribution < -0.4 is 5.32 Å². The molecule has 4 rings (SSSR count). The fourth-order valence-corrected chi connectivity index (χ4v) is 5.13. The molecule has 0 heterocycles. The number of nitrogens with one attached hydrogen (secondary N) is 1. The zero-order valence-electron chi connectivity index (χ0n) is 18.8. The highest BCUT2D eigenvalue weighted by atomic mass is 16.5. The molecule has 2 atom stereocenters. The molecule has 174 valence electrons. The van der Waals surface area contributed by atoms with Crippen LogP contribution in [-0.4, -0.2) is 53.7 Å². The molecule has 2 aliphatic carbocycles. The number of carbonyl (C=O) groups excluding carboxylic acids is 2. The van der Waals surface area contributed by atoms with Gasteiger partial charge in [0.05, 0.1) is 5.92 Å². The number of carboxylic acids is 1. The van der Waals surface area contributed by atoms with Crippen molar-refractivity contribution in [3.8, 4) is 11.1 Å². The van der Waals surface area contributed by atoms with E-state index in [1.807, 2.05) is 24.3 Å². The molecule has 1 saturated carbocycles. The van der Waals surface area contributed by atoms with Crippen molar-refractivity contribution in [3.05, 3.63) is 59.7 Å². The molecule has 7 nitrogen and oxygen atoms in total. The lowest BCUT2D eigenvalue weighted by molar-refractivity contribution is -0.147. The Bertz CT molecular complexity index is 991. The molecule has 2 N–H and O–H groups in total. The van der Waals surface area contributed by atoms with Crippen LogP contribution in [0.3, 0.4) is 0 Å². The summed E-state index contributed by atoms with van der Waals surface area (Å²) in [7, 11) is 0. The van der Waals surface area contributed by atoms with Crippen molar-refractivity contribution in [1.82, 2.24) is 10.2 Å². The van der Waals surface area contributed by atoms with Crippen molar-refractivity contribution in [1.29, 1.82) is 0 Å². The summed E-state index contributed by atoms with van der Waals surface area (Å²) in [5.74, 6) is -1.72. The van der Waals surface area contributed by atoms with Crippen molar-refractivity contribution in [3.63, 3.8) is 0 Å². The van der Waals surface area contributed by atoms with E-state index in [1.54, 1.807) is 6.92 Å². The maximum absolute atomic E-state index is 13.0. The normalized spacial score (nSPS) is 19.3. The third-order valence-corrected chi connectivity index (χ3v) is 6.75. The monoisotopic (exact) mass is 450 g/mol. The minimum Gasteiger partial charge on any atom is -0.480 e. The maximum atomic E-state index is 13.0. The number of amides is 2. The number of carbonyl (C=O) groups is 3. The van der Waals surface area contributed by atoms with Gasteiger partial charge in [0.15, 0.2) is 0 Å². The Morgan fingerprint density at radius 3 is 2.21 bits per heavy atom. The highest BCUT2D eigenvalue weighted by molar-refractivity contribution is 5.84. The highest BCUT2D eigenvalue weighted by Crippen LogP contribution is 2.44. The number of fused-ring (bicyclic) bond motifs is 3. The lowest BCUT2D eigenvalue weighted by Gasteiger charge is -2.34. The number of benzene rings is 2. The Labute approximate surface area is 193 Å². The average molecular weight is 451 g/mol. The number of alkyl carbamates (subject to hydrolysis) is 1. The Morgan fingerprint density at radius 1 is 1.00 bits per heavy atom. The van der Waals surface area contributed by atoms with Crippen LogP contribution in [0, 0.1) is 5.92 Å². The van der Waals surface area contributed by atoms with Crippen molar-refractivity contribution in [2.75, 3.05) is 19.7 Å². The van der Waals surface area contributed by atoms with Crippen LogP contribution in [0.15, 0.2) is 48.5 Å². The van der Waals surface area contributed by atoms with E-state index >= 15 is 0 Å². The number of rotatable bonds is 7. The van der Waals surface area contributed by atoms with Crippen LogP contribution >= 0.6 is 0 Å². The van der Waals surface area contributed by atoms with Gasteiger partial charge in [-0.05, 0) is 42.0 Å². The van der Waals surface area contributed by atoms with Gasteiger partial charge in [0.1, 0.15) is 13.2 Å². The van der Waals surface area contributed by atoms with Crippen LogP contribution in [0.1, 0.15) is 49.7 Å². The largest absolute Gasteiger partial charge is 0.480 e. The van der Waals surface area contributed by atoms with Gasteiger partial charge in [-0.1, -0.05) is 61.4 Å². The topological polar surface area (TPSA) is 95.9 Å². The predicted octanol–water partition coefficient (Wildman–Crippen LogP) is 4.02. The fourth-order valence-electron chi connectivity index (χ4n) is 5.13. The summed E-state index contributed by atoms with van der Waals surface area (Å²) in [5, 5.41) is 12.0. The Kier molecular flexibility index (Phi) is 6.96. The second-order valence-corrected chi connectivity index (χ2v) is 8.71. The van der Waals surface area contributed by atoms with Gasteiger partial charge in [-0.25, -0.2) is 4.79 Å². The number of hydrogen-bond donors (Lipinski definition) is 2. The van der Waals surface area contributed by atoms with Gasteiger partial charge in [-0.2, -0.15) is 0 Å². The molecule has 2 aromatic carbocycles. The standard InChI is InChI=1S/C26H30N2O5/c1-2-28(15-24(29)30)25(31)21-13-7-8-14-23(21)27-26(32)33-16-22-19-11-5-3-9-17(19)18-10-4-6-12-20(18)22/h3-6,9-12,21-23H,2,7-8,13-16H2,1H3,(H,27,32)(H,29,30)/t21-,23+/m1/s1. The summed E-state index contributed by atoms with van der Waals surface area (Å²) < 4.78 is 5.65. The summed E-state index contributed by atoms with van der Waals surface area (Å²) in [6, 6.07) is 16.0. The summed E-state index contributed by atoms with van der Waals surface area (Å²) in [5.41, 5.74) is 4.62. The molecule has 0 radical (unpaired) electrons. The van der Waals surface area contributed by atoms with Crippen LogP contribution in [0.5, 0.6) is 0 Å². The lowest BCUT2D eigenvalue weighted by Crippen LogP contribution is -2.50. The number of carboxylic acid groups (broad SMARTS) is 1. The molecule has 0 aliphatic heterocycles. The van der Waals surface area contributed by atoms with Gasteiger partial charge in [0.25, 0.3) is 0 Å². The Hall–Kier alpha value is -3.35. The van der Waals surface area contributed by atoms with Gasteiger partial charge in [0.2, 0.25) is 5.91 Å².